The van der Waals surface area contributed by atoms with Crippen LogP contribution in [0.1, 0.15) is 35.3 Å². The second-order valence-electron chi connectivity index (χ2n) is 7.43. The van der Waals surface area contributed by atoms with Crippen LogP contribution in [0, 0.1) is 5.82 Å². The normalized spacial score (nSPS) is 14.6. The maximum atomic E-state index is 14.3. The van der Waals surface area contributed by atoms with E-state index in [2.05, 4.69) is 25.6 Å². The highest BCUT2D eigenvalue weighted by atomic mass is 19.1. The average Bonchev–Trinajstić information content (AvgIpc) is 2.74. The molecule has 0 saturated heterocycles. The van der Waals surface area contributed by atoms with Crippen molar-refractivity contribution in [3.05, 3.63) is 66.0 Å². The molecule has 0 bridgehead atoms. The molecule has 3 N–H and O–H groups in total. The number of halogens is 1. The minimum Gasteiger partial charge on any atom is -0.507 e. The van der Waals surface area contributed by atoms with Gasteiger partial charge in [0.05, 0.1) is 5.69 Å². The van der Waals surface area contributed by atoms with Crippen molar-refractivity contribution in [2.75, 3.05) is 18.9 Å². The molecule has 0 unspecified atom stereocenters. The summed E-state index contributed by atoms with van der Waals surface area (Å²) in [6, 6.07) is 7.63. The first-order valence-corrected chi connectivity index (χ1v) is 9.75. The van der Waals surface area contributed by atoms with Gasteiger partial charge >= 0.3 is 0 Å². The number of phenols is 1. The van der Waals surface area contributed by atoms with E-state index < -0.39 is 0 Å². The summed E-state index contributed by atoms with van der Waals surface area (Å²) in [4.78, 5) is 24.8. The van der Waals surface area contributed by atoms with Gasteiger partial charge in [0.15, 0.2) is 0 Å². The van der Waals surface area contributed by atoms with Crippen molar-refractivity contribution in [3.8, 4) is 16.9 Å². The molecule has 4 rings (SSSR count). The molecule has 1 aliphatic rings. The number of benzene rings is 1. The zero-order valence-electron chi connectivity index (χ0n) is 16.5. The topological polar surface area (TPSA) is 100 Å². The maximum absolute atomic E-state index is 14.3. The van der Waals surface area contributed by atoms with Crippen molar-refractivity contribution in [1.29, 1.82) is 0 Å². The van der Waals surface area contributed by atoms with Crippen molar-refractivity contribution in [2.24, 2.45) is 0 Å². The smallest absolute Gasteiger partial charge is 0.251 e. The number of pyridine rings is 1. The molecule has 3 aromatic rings. The summed E-state index contributed by atoms with van der Waals surface area (Å²) in [5.74, 6) is -0.0981. The highest BCUT2D eigenvalue weighted by Gasteiger charge is 2.41. The fourth-order valence-electron chi connectivity index (χ4n) is 3.74. The molecular formula is C22H22FN5O2. The lowest BCUT2D eigenvalue weighted by Crippen LogP contribution is -2.42. The third-order valence-corrected chi connectivity index (χ3v) is 5.61. The Hall–Kier alpha value is -3.55. The highest BCUT2D eigenvalue weighted by molar-refractivity contribution is 5.95. The fraction of sp³-hybridized carbons (Fsp3) is 0.273. The number of phenolic OH excluding ortho intramolecular Hbond substituents is 1. The zero-order valence-corrected chi connectivity index (χ0v) is 16.5. The number of carbonyl (C=O) groups excluding carboxylic acids is 1. The van der Waals surface area contributed by atoms with E-state index in [1.54, 1.807) is 43.8 Å². The monoisotopic (exact) mass is 407 g/mol. The minimum atomic E-state index is -0.354. The van der Waals surface area contributed by atoms with Crippen molar-refractivity contribution in [3.63, 3.8) is 0 Å². The van der Waals surface area contributed by atoms with Gasteiger partial charge in [0.1, 0.15) is 11.6 Å². The third kappa shape index (κ3) is 3.68. The summed E-state index contributed by atoms with van der Waals surface area (Å²) in [6.45, 7) is 0.484. The Kier molecular flexibility index (Phi) is 5.31. The van der Waals surface area contributed by atoms with E-state index in [9.17, 15) is 14.3 Å². The highest BCUT2D eigenvalue weighted by Crippen LogP contribution is 2.43. The molecule has 1 amide bonds. The zero-order chi connectivity index (χ0) is 21.1. The van der Waals surface area contributed by atoms with Gasteiger partial charge in [0.25, 0.3) is 5.91 Å². The predicted molar refractivity (Wildman–Crippen MR) is 111 cm³/mol. The Morgan fingerprint density at radius 3 is 2.60 bits per heavy atom. The Labute approximate surface area is 173 Å². The number of carbonyl (C=O) groups is 1. The lowest BCUT2D eigenvalue weighted by Gasteiger charge is -2.41. The number of hydrogen-bond acceptors (Lipinski definition) is 6. The maximum Gasteiger partial charge on any atom is 0.251 e. The first kappa shape index (κ1) is 19.8. The van der Waals surface area contributed by atoms with E-state index in [1.807, 2.05) is 0 Å². The van der Waals surface area contributed by atoms with Gasteiger partial charge in [-0.15, -0.1) is 0 Å². The van der Waals surface area contributed by atoms with Crippen LogP contribution in [-0.4, -0.2) is 39.6 Å². The van der Waals surface area contributed by atoms with E-state index in [4.69, 9.17) is 0 Å². The number of anilines is 1. The minimum absolute atomic E-state index is 0.0333. The van der Waals surface area contributed by atoms with E-state index in [0.717, 1.165) is 19.3 Å². The van der Waals surface area contributed by atoms with Crippen LogP contribution in [0.3, 0.4) is 0 Å². The Morgan fingerprint density at radius 1 is 1.20 bits per heavy atom. The molecule has 8 heteroatoms. The van der Waals surface area contributed by atoms with Gasteiger partial charge in [-0.25, -0.2) is 14.4 Å². The van der Waals surface area contributed by atoms with Gasteiger partial charge in [-0.3, -0.25) is 9.78 Å². The second-order valence-corrected chi connectivity index (χ2v) is 7.43. The molecule has 1 aromatic carbocycles. The number of aromatic hydroxyl groups is 1. The molecule has 1 saturated carbocycles. The number of aromatic nitrogens is 3. The van der Waals surface area contributed by atoms with Gasteiger partial charge in [-0.1, -0.05) is 6.42 Å². The molecule has 2 heterocycles. The molecule has 1 fully saturated rings. The largest absolute Gasteiger partial charge is 0.507 e. The predicted octanol–water partition coefficient (Wildman–Crippen LogP) is 3.28. The Bertz CT molecular complexity index is 1070. The molecule has 154 valence electrons. The first-order valence-electron chi connectivity index (χ1n) is 9.75. The molecule has 30 heavy (non-hydrogen) atoms. The second kappa shape index (κ2) is 8.06. The third-order valence-electron chi connectivity index (χ3n) is 5.61. The van der Waals surface area contributed by atoms with Crippen molar-refractivity contribution < 1.29 is 14.3 Å². The summed E-state index contributed by atoms with van der Waals surface area (Å²) < 4.78 is 14.3. The van der Waals surface area contributed by atoms with Crippen LogP contribution in [0.15, 0.2) is 48.9 Å². The van der Waals surface area contributed by atoms with Crippen LogP contribution >= 0.6 is 0 Å². The number of rotatable bonds is 6. The van der Waals surface area contributed by atoms with Crippen LogP contribution < -0.4 is 10.6 Å². The van der Waals surface area contributed by atoms with E-state index in [1.165, 1.54) is 12.1 Å². The molecule has 0 atom stereocenters. The number of nitrogens with zero attached hydrogens (tertiary/aromatic N) is 3. The van der Waals surface area contributed by atoms with Crippen LogP contribution in [0.2, 0.25) is 0 Å². The van der Waals surface area contributed by atoms with Crippen LogP contribution in [0.4, 0.5) is 10.3 Å². The molecule has 7 nitrogen and oxygen atoms in total. The lowest BCUT2D eigenvalue weighted by molar-refractivity contribution is 0.0963. The molecule has 0 radical (unpaired) electrons. The fourth-order valence-corrected chi connectivity index (χ4v) is 3.74. The van der Waals surface area contributed by atoms with E-state index in [-0.39, 0.29) is 22.9 Å². The summed E-state index contributed by atoms with van der Waals surface area (Å²) in [6.07, 6.45) is 7.50. The summed E-state index contributed by atoms with van der Waals surface area (Å²) >= 11 is 0. The lowest BCUT2D eigenvalue weighted by atomic mass is 9.66. The number of hydrogen-bond donors (Lipinski definition) is 3. The quantitative estimate of drug-likeness (QED) is 0.580. The standard InChI is InChI=1S/C22H22FN5O2/c1-24-20(30)14-5-6-18(29)16(10-14)15-11-26-21(27-12-15)28-13-22(7-3-8-22)19-17(23)4-2-9-25-19/h2,4-6,9-12,29H,3,7-8,13H2,1H3,(H,24,30)(H,26,27,28). The summed E-state index contributed by atoms with van der Waals surface area (Å²) in [5, 5.41) is 15.9. The number of amides is 1. The van der Waals surface area contributed by atoms with Gasteiger partial charge < -0.3 is 15.7 Å². The van der Waals surface area contributed by atoms with E-state index >= 15 is 0 Å². The van der Waals surface area contributed by atoms with Gasteiger partial charge in [0, 0.05) is 54.3 Å². The van der Waals surface area contributed by atoms with Gasteiger partial charge in [-0.05, 0) is 43.2 Å². The molecular weight excluding hydrogens is 385 g/mol. The van der Waals surface area contributed by atoms with Crippen molar-refractivity contribution in [2.45, 2.75) is 24.7 Å². The number of nitrogens with one attached hydrogen (secondary N) is 2. The first-order chi connectivity index (χ1) is 14.5. The van der Waals surface area contributed by atoms with Gasteiger partial charge in [0.2, 0.25) is 5.95 Å². The molecule has 0 aliphatic heterocycles. The SMILES string of the molecule is CNC(=O)c1ccc(O)c(-c2cnc(NCC3(c4ncccc4F)CCC3)nc2)c1. The van der Waals surface area contributed by atoms with Crippen molar-refractivity contribution >= 4 is 11.9 Å². The molecule has 1 aliphatic carbocycles. The van der Waals surface area contributed by atoms with Crippen LogP contribution in [-0.2, 0) is 5.41 Å². The molecule has 0 spiro atoms. The van der Waals surface area contributed by atoms with E-state index in [0.29, 0.717) is 34.9 Å². The van der Waals surface area contributed by atoms with Crippen LogP contribution in [0.25, 0.3) is 11.1 Å². The Morgan fingerprint density at radius 2 is 1.97 bits per heavy atom. The molecule has 2 aromatic heterocycles. The Balaban J connectivity index is 1.51. The summed E-state index contributed by atoms with van der Waals surface area (Å²) in [5.41, 5.74) is 1.60. The van der Waals surface area contributed by atoms with Crippen molar-refractivity contribution in [1.82, 2.24) is 20.3 Å². The summed E-state index contributed by atoms with van der Waals surface area (Å²) in [7, 11) is 1.55. The van der Waals surface area contributed by atoms with Crippen LogP contribution in [0.5, 0.6) is 5.75 Å². The van der Waals surface area contributed by atoms with Gasteiger partial charge in [-0.2, -0.15) is 0 Å². The average molecular weight is 407 g/mol.